The van der Waals surface area contributed by atoms with Crippen LogP contribution in [0.4, 0.5) is 10.5 Å². The van der Waals surface area contributed by atoms with Gasteiger partial charge in [0.05, 0.1) is 5.25 Å². The van der Waals surface area contributed by atoms with Crippen molar-refractivity contribution in [1.82, 2.24) is 5.32 Å². The number of rotatable bonds is 3. The third-order valence-electron chi connectivity index (χ3n) is 1.89. The fraction of sp³-hybridized carbons (Fsp3) is 0.200. The molecule has 0 radical (unpaired) electrons. The van der Waals surface area contributed by atoms with E-state index in [-0.39, 0.29) is 0 Å². The Hall–Kier alpha value is -1.40. The van der Waals surface area contributed by atoms with Gasteiger partial charge in [0.15, 0.2) is 0 Å². The number of anilines is 1. The van der Waals surface area contributed by atoms with Gasteiger partial charge in [-0.1, -0.05) is 11.6 Å². The van der Waals surface area contributed by atoms with E-state index in [1.54, 1.807) is 25.1 Å². The summed E-state index contributed by atoms with van der Waals surface area (Å²) < 4.78 is 0. The number of imide groups is 1. The molecule has 1 aromatic carbocycles. The van der Waals surface area contributed by atoms with Crippen molar-refractivity contribution in [2.75, 3.05) is 5.73 Å². The van der Waals surface area contributed by atoms with E-state index in [9.17, 15) is 9.59 Å². The second-order valence-corrected chi connectivity index (χ2v) is 5.11. The molecule has 0 saturated carbocycles. The predicted molar refractivity (Wildman–Crippen MR) is 68.9 cm³/mol. The monoisotopic (exact) mass is 273 g/mol. The Morgan fingerprint density at radius 1 is 1.47 bits per heavy atom. The summed E-state index contributed by atoms with van der Waals surface area (Å²) in [7, 11) is 0. The first-order valence-corrected chi connectivity index (χ1v) is 5.98. The average molecular weight is 274 g/mol. The van der Waals surface area contributed by atoms with E-state index in [2.05, 4.69) is 0 Å². The maximum Gasteiger partial charge on any atom is 0.318 e. The first-order chi connectivity index (χ1) is 7.90. The van der Waals surface area contributed by atoms with Gasteiger partial charge in [-0.15, -0.1) is 11.8 Å². The van der Waals surface area contributed by atoms with Crippen LogP contribution >= 0.6 is 23.4 Å². The van der Waals surface area contributed by atoms with Crippen molar-refractivity contribution in [2.45, 2.75) is 17.1 Å². The topological polar surface area (TPSA) is 98.2 Å². The fourth-order valence-corrected chi connectivity index (χ4v) is 2.16. The van der Waals surface area contributed by atoms with Crippen LogP contribution in [-0.4, -0.2) is 17.2 Å². The van der Waals surface area contributed by atoms with E-state index in [1.807, 2.05) is 5.32 Å². The summed E-state index contributed by atoms with van der Waals surface area (Å²) in [5.74, 6) is -0.461. The van der Waals surface area contributed by atoms with Crippen LogP contribution in [0.25, 0.3) is 0 Å². The molecule has 5 nitrogen and oxygen atoms in total. The van der Waals surface area contributed by atoms with Gasteiger partial charge in [0.2, 0.25) is 5.91 Å². The molecular weight excluding hydrogens is 262 g/mol. The Morgan fingerprint density at radius 3 is 2.65 bits per heavy atom. The number of primary amides is 1. The second-order valence-electron chi connectivity index (χ2n) is 3.30. The highest BCUT2D eigenvalue weighted by molar-refractivity contribution is 8.00. The molecule has 0 bridgehead atoms. The number of hydrogen-bond acceptors (Lipinski definition) is 4. The number of nitrogen functional groups attached to an aromatic ring is 1. The molecule has 0 aliphatic rings. The first kappa shape index (κ1) is 13.7. The molecule has 0 aromatic heterocycles. The average Bonchev–Trinajstić information content (AvgIpc) is 2.21. The number of halogens is 1. The molecule has 0 heterocycles. The van der Waals surface area contributed by atoms with Crippen LogP contribution in [0.5, 0.6) is 0 Å². The van der Waals surface area contributed by atoms with E-state index >= 15 is 0 Å². The number of nitrogens with one attached hydrogen (secondary N) is 1. The van der Waals surface area contributed by atoms with Gasteiger partial charge in [0.1, 0.15) is 0 Å². The number of carbonyl (C=O) groups is 2. The number of hydrogen-bond donors (Lipinski definition) is 3. The van der Waals surface area contributed by atoms with E-state index in [4.69, 9.17) is 23.1 Å². The SMILES string of the molecule is CC(Sc1ccc(Cl)cc1N)C(=O)NC(N)=O. The van der Waals surface area contributed by atoms with Crippen molar-refractivity contribution >= 4 is 41.0 Å². The second kappa shape index (κ2) is 5.79. The van der Waals surface area contributed by atoms with Crippen LogP contribution in [0.2, 0.25) is 5.02 Å². The van der Waals surface area contributed by atoms with Crippen molar-refractivity contribution < 1.29 is 9.59 Å². The van der Waals surface area contributed by atoms with E-state index in [1.165, 1.54) is 11.8 Å². The zero-order chi connectivity index (χ0) is 13.0. The maximum atomic E-state index is 11.4. The predicted octanol–water partition coefficient (Wildman–Crippen LogP) is 1.60. The summed E-state index contributed by atoms with van der Waals surface area (Å²) in [4.78, 5) is 22.7. The molecule has 0 aliphatic heterocycles. The molecule has 0 saturated heterocycles. The molecule has 1 aromatic rings. The van der Waals surface area contributed by atoms with Crippen molar-refractivity contribution in [3.63, 3.8) is 0 Å². The minimum Gasteiger partial charge on any atom is -0.398 e. The molecule has 1 atom stereocenters. The normalized spacial score (nSPS) is 11.9. The number of thioether (sulfide) groups is 1. The van der Waals surface area contributed by atoms with Gasteiger partial charge in [0.25, 0.3) is 0 Å². The summed E-state index contributed by atoms with van der Waals surface area (Å²) in [5, 5.41) is 2.05. The Labute approximate surface area is 108 Å². The molecule has 5 N–H and O–H groups in total. The van der Waals surface area contributed by atoms with E-state index in [0.717, 1.165) is 4.90 Å². The van der Waals surface area contributed by atoms with Crippen LogP contribution < -0.4 is 16.8 Å². The first-order valence-electron chi connectivity index (χ1n) is 4.72. The maximum absolute atomic E-state index is 11.4. The minimum absolute atomic E-state index is 0.461. The van der Waals surface area contributed by atoms with Crippen LogP contribution in [-0.2, 0) is 4.79 Å². The van der Waals surface area contributed by atoms with Crippen molar-refractivity contribution in [3.05, 3.63) is 23.2 Å². The molecular formula is C10H12ClN3O2S. The van der Waals surface area contributed by atoms with Crippen LogP contribution in [0.15, 0.2) is 23.1 Å². The third-order valence-corrected chi connectivity index (χ3v) is 3.32. The van der Waals surface area contributed by atoms with Gasteiger partial charge in [0, 0.05) is 15.6 Å². The Kier molecular flexibility index (Phi) is 4.65. The standard InChI is InChI=1S/C10H12ClN3O2S/c1-5(9(15)14-10(13)16)17-8-3-2-6(11)4-7(8)12/h2-5H,12H2,1H3,(H3,13,14,15,16). The molecule has 1 unspecified atom stereocenters. The summed E-state index contributed by atoms with van der Waals surface area (Å²) in [5.41, 5.74) is 11.1. The lowest BCUT2D eigenvalue weighted by Crippen LogP contribution is -2.39. The number of amides is 3. The highest BCUT2D eigenvalue weighted by Gasteiger charge is 2.16. The molecule has 92 valence electrons. The number of benzene rings is 1. The zero-order valence-electron chi connectivity index (χ0n) is 9.07. The number of nitrogens with two attached hydrogens (primary N) is 2. The molecule has 17 heavy (non-hydrogen) atoms. The molecule has 0 aliphatic carbocycles. The molecule has 3 amide bonds. The Morgan fingerprint density at radius 2 is 2.12 bits per heavy atom. The third kappa shape index (κ3) is 4.16. The molecule has 1 rings (SSSR count). The van der Waals surface area contributed by atoms with Crippen LogP contribution in [0.1, 0.15) is 6.92 Å². The van der Waals surface area contributed by atoms with Gasteiger partial charge in [-0.3, -0.25) is 10.1 Å². The summed E-state index contributed by atoms with van der Waals surface area (Å²) in [6, 6.07) is 4.13. The van der Waals surface area contributed by atoms with Crippen molar-refractivity contribution in [3.8, 4) is 0 Å². The zero-order valence-corrected chi connectivity index (χ0v) is 10.6. The van der Waals surface area contributed by atoms with Gasteiger partial charge < -0.3 is 11.5 Å². The summed E-state index contributed by atoms with van der Waals surface area (Å²) in [6.07, 6.45) is 0. The van der Waals surface area contributed by atoms with Crippen molar-refractivity contribution in [1.29, 1.82) is 0 Å². The molecule has 7 heteroatoms. The van der Waals surface area contributed by atoms with Crippen LogP contribution in [0, 0.1) is 0 Å². The highest BCUT2D eigenvalue weighted by Crippen LogP contribution is 2.30. The highest BCUT2D eigenvalue weighted by atomic mass is 35.5. The lowest BCUT2D eigenvalue weighted by molar-refractivity contribution is -0.119. The van der Waals surface area contributed by atoms with E-state index in [0.29, 0.717) is 10.7 Å². The lowest BCUT2D eigenvalue weighted by Gasteiger charge is -2.11. The Bertz CT molecular complexity index is 453. The fourth-order valence-electron chi connectivity index (χ4n) is 1.09. The summed E-state index contributed by atoms with van der Waals surface area (Å²) >= 11 is 6.98. The quantitative estimate of drug-likeness (QED) is 0.575. The van der Waals surface area contributed by atoms with Crippen molar-refractivity contribution in [2.24, 2.45) is 5.73 Å². The lowest BCUT2D eigenvalue weighted by atomic mass is 10.3. The summed E-state index contributed by atoms with van der Waals surface area (Å²) in [6.45, 7) is 1.65. The number of urea groups is 1. The van der Waals surface area contributed by atoms with Gasteiger partial charge in [-0.2, -0.15) is 0 Å². The van der Waals surface area contributed by atoms with Gasteiger partial charge in [-0.25, -0.2) is 4.79 Å². The molecule has 0 spiro atoms. The van der Waals surface area contributed by atoms with Crippen LogP contribution in [0.3, 0.4) is 0 Å². The molecule has 0 fully saturated rings. The Balaban J connectivity index is 2.70. The van der Waals surface area contributed by atoms with E-state index < -0.39 is 17.2 Å². The minimum atomic E-state index is -0.869. The smallest absolute Gasteiger partial charge is 0.318 e. The largest absolute Gasteiger partial charge is 0.398 e. The van der Waals surface area contributed by atoms with Gasteiger partial charge >= 0.3 is 6.03 Å². The number of carbonyl (C=O) groups excluding carboxylic acids is 2. The van der Waals surface area contributed by atoms with Gasteiger partial charge in [-0.05, 0) is 25.1 Å².